The normalized spacial score (nSPS) is 9.89. The van der Waals surface area contributed by atoms with E-state index >= 15 is 0 Å². The van der Waals surface area contributed by atoms with Crippen LogP contribution in [-0.4, -0.2) is 108 Å². The first-order chi connectivity index (χ1) is 62.2. The number of hydrogen-bond acceptors (Lipinski definition) is 14. The van der Waals surface area contributed by atoms with Crippen LogP contribution in [0.4, 0.5) is 17.6 Å². The van der Waals surface area contributed by atoms with Crippen LogP contribution in [0.1, 0.15) is 56.7 Å². The Bertz CT molecular complexity index is 6030. The van der Waals surface area contributed by atoms with Gasteiger partial charge >= 0.3 is 80.4 Å². The quantitative estimate of drug-likeness (QED) is 0.0815. The molecular weight excluding hydrogens is 2380 g/mol. The molecule has 0 aliphatic carbocycles. The van der Waals surface area contributed by atoms with Crippen molar-refractivity contribution in [3.05, 3.63) is 459 Å². The van der Waals surface area contributed by atoms with Crippen LogP contribution < -0.4 is 0 Å². The van der Waals surface area contributed by atoms with E-state index in [0.717, 1.165) is 125 Å². The Morgan fingerprint density at radius 3 is 0.758 bits per heavy atom. The van der Waals surface area contributed by atoms with Gasteiger partial charge in [-0.1, -0.05) is 50.2 Å². The SMILES string of the molecule is Cc1ccn(-c2[c-]c(-n3ccc(C)n3)c(C)cc2C)n1.Cc1ccn(-c2[c-]c(-n3ccc(C)n3)c(F)cc2F)n1.Cc1ccn(-c2[c-]c(-n3ccc(C)n3)c(F)cc2F)n1.Cc1ccn(-c2[c-]c(-n3ccc(C)n3)ccc2)n1.[C-]#N.[C-]#N.[Ir+3].[Ir+3].[IrH+2].[IrH+2].[c-]1ccccc1-c1ccccn1.[c-]1ccccc1-c1ccccn1.[c-]1ccccc1-n1cccn1.[c-]1ccccc1-n1cccn1. The van der Waals surface area contributed by atoms with Gasteiger partial charge in [-0.3, -0.25) is 64.4 Å². The summed E-state index contributed by atoms with van der Waals surface area (Å²) < 4.78 is 71.7. The minimum Gasteiger partial charge on any atom is -0.305 e. The van der Waals surface area contributed by atoms with Crippen LogP contribution >= 0.6 is 0 Å². The molecule has 20 rings (SSSR count). The summed E-state index contributed by atoms with van der Waals surface area (Å²) in [6, 6.07) is 95.7. The molecule has 0 aliphatic heterocycles. The fraction of sp³-hybridized carbons (Fsp3) is 0.100. The van der Waals surface area contributed by atoms with Gasteiger partial charge in [-0.15, -0.1) is 131 Å². The number of para-hydroxylation sites is 2. The van der Waals surface area contributed by atoms with E-state index in [4.69, 9.17) is 23.7 Å². The van der Waals surface area contributed by atoms with Crippen LogP contribution in [0.2, 0.25) is 0 Å². The maximum absolute atomic E-state index is 13.9. The van der Waals surface area contributed by atoms with Crippen LogP contribution in [0.15, 0.2) is 317 Å². The van der Waals surface area contributed by atoms with E-state index in [9.17, 15) is 17.6 Å². The van der Waals surface area contributed by atoms with Gasteiger partial charge in [0.05, 0.1) is 45.6 Å². The topological polar surface area (TPSA) is 252 Å². The van der Waals surface area contributed by atoms with Crippen molar-refractivity contribution in [2.75, 3.05) is 0 Å². The van der Waals surface area contributed by atoms with Crippen molar-refractivity contribution in [3.8, 4) is 79.4 Å². The maximum Gasteiger partial charge on any atom is 0.0493 e. The summed E-state index contributed by atoms with van der Waals surface area (Å²) in [7, 11) is 0. The van der Waals surface area contributed by atoms with Gasteiger partial charge in [0.25, 0.3) is 0 Å². The predicted octanol–water partition coefficient (Wildman–Crippen LogP) is 19.2. The van der Waals surface area contributed by atoms with E-state index in [1.807, 2.05) is 272 Å². The van der Waals surface area contributed by atoms with Gasteiger partial charge in [-0.2, -0.15) is 112 Å². The van der Waals surface area contributed by atoms with Gasteiger partial charge in [0, 0.05) is 110 Å². The van der Waals surface area contributed by atoms with E-state index in [2.05, 4.69) is 129 Å². The summed E-state index contributed by atoms with van der Waals surface area (Å²) in [5.41, 5.74) is 19.2. The molecule has 0 saturated carbocycles. The minimum atomic E-state index is -0.724. The molecule has 132 heavy (non-hydrogen) atoms. The zero-order valence-corrected chi connectivity index (χ0v) is 82.5. The second-order valence-electron chi connectivity index (χ2n) is 27.7. The zero-order valence-electron chi connectivity index (χ0n) is 72.6. The molecule has 0 fully saturated rings. The Morgan fingerprint density at radius 2 is 0.515 bits per heavy atom. The smallest absolute Gasteiger partial charge is 0.0493 e. The summed E-state index contributed by atoms with van der Waals surface area (Å²) in [5.74, 6) is -2.90. The van der Waals surface area contributed by atoms with Crippen molar-refractivity contribution in [2.45, 2.75) is 69.2 Å². The van der Waals surface area contributed by atoms with Crippen molar-refractivity contribution in [3.63, 3.8) is 0 Å². The Balaban J connectivity index is 0.000000206. The van der Waals surface area contributed by atoms with E-state index in [1.54, 1.807) is 111 Å². The number of nitrogens with zero attached hydrogens (tertiary/aromatic N) is 24. The number of rotatable bonds is 12. The van der Waals surface area contributed by atoms with Gasteiger partial charge < -0.3 is 33.6 Å². The van der Waals surface area contributed by atoms with Crippen LogP contribution in [0, 0.1) is 165 Å². The Hall–Kier alpha value is -14.5. The van der Waals surface area contributed by atoms with E-state index in [-0.39, 0.29) is 103 Å². The summed E-state index contributed by atoms with van der Waals surface area (Å²) in [4.78, 5) is 8.44. The van der Waals surface area contributed by atoms with Crippen LogP contribution in [0.5, 0.6) is 0 Å². The van der Waals surface area contributed by atoms with E-state index in [1.165, 1.54) is 18.7 Å². The maximum atomic E-state index is 13.9. The molecule has 0 bridgehead atoms. The molecule has 24 nitrogen and oxygen atoms in total. The Kier molecular flexibility index (Phi) is 41.8. The fourth-order valence-corrected chi connectivity index (χ4v) is 11.9. The molecule has 8 aromatic carbocycles. The van der Waals surface area contributed by atoms with Crippen molar-refractivity contribution >= 4 is 0 Å². The molecule has 0 aliphatic rings. The average Bonchev–Trinajstić information content (AvgIpc) is 1.59. The fourth-order valence-electron chi connectivity index (χ4n) is 11.9. The van der Waals surface area contributed by atoms with Crippen LogP contribution in [0.3, 0.4) is 0 Å². The molecule has 0 unspecified atom stereocenters. The number of aromatic nitrogens is 22. The average molecular weight is 2470 g/mol. The van der Waals surface area contributed by atoms with Crippen molar-refractivity contribution in [1.82, 2.24) is 108 Å². The molecular formula is C100H84F4Ir4N24. The monoisotopic (exact) mass is 2470 g/mol. The molecule has 668 valence electrons. The number of hydrogen-bond donors (Lipinski definition) is 0. The van der Waals surface area contributed by atoms with Gasteiger partial charge in [0.15, 0.2) is 0 Å². The third-order valence-electron chi connectivity index (χ3n) is 17.9. The van der Waals surface area contributed by atoms with Gasteiger partial charge in [0.1, 0.15) is 0 Å². The van der Waals surface area contributed by atoms with Gasteiger partial charge in [-0.05, 0) is 196 Å². The van der Waals surface area contributed by atoms with Gasteiger partial charge in [0.2, 0.25) is 0 Å². The van der Waals surface area contributed by atoms with Gasteiger partial charge in [-0.25, -0.2) is 0 Å². The number of benzene rings is 8. The van der Waals surface area contributed by atoms with Crippen LogP contribution in [0.25, 0.3) is 79.4 Å². The first-order valence-corrected chi connectivity index (χ1v) is 39.5. The second kappa shape index (κ2) is 52.8. The standard InChI is InChI=1S/C16H17N4.2C14H11F2N4.C14H13N4.2C11H8N.2C9H7N2.2CN.4Ir.2H/c1-11-9-12(2)16(20-8-6-14(4)18-20)10-15(11)19-7-5-13(3)17-19;2*1-9-3-5-19(17-9)13-8-14(12(16)7-11(13)15)20-6-4-10(2)18-20;1-11-6-8-17(15-11)13-4-3-5-14(10-13)18-9-7-12(2)16-18;2*1-2-6-10(7-3-1)11-8-4-5-9-12-11;2*1-2-5-9(6-3-1)11-8-4-7-10-11;2*1-2;;;;;;/h5-9H,1-4H3;2*3-7H,1-2H3;3-9H,1-2H3;2*1-6,8-9H;2*1-5,7-8H;;;;;;;;/q10*-1;2*+2;2*+3;;. The zero-order chi connectivity index (χ0) is 90.9. The van der Waals surface area contributed by atoms with E-state index in [0.29, 0.717) is 0 Å². The first-order valence-electron chi connectivity index (χ1n) is 39.5. The largest absolute Gasteiger partial charge is 0.305 e. The van der Waals surface area contributed by atoms with E-state index < -0.39 is 23.3 Å². The Morgan fingerprint density at radius 1 is 0.250 bits per heavy atom. The molecule has 12 heterocycles. The second-order valence-corrected chi connectivity index (χ2v) is 27.7. The molecule has 0 amide bonds. The third kappa shape index (κ3) is 29.8. The number of halogens is 4. The summed E-state index contributed by atoms with van der Waals surface area (Å²) in [6.45, 7) is 28.7. The first kappa shape index (κ1) is 105. The number of pyridine rings is 2. The number of aryl methyl sites for hydroxylation is 10. The summed E-state index contributed by atoms with van der Waals surface area (Å²) >= 11 is 0. The molecule has 20 aromatic rings. The van der Waals surface area contributed by atoms with Crippen LogP contribution in [-0.2, 0) is 80.4 Å². The molecule has 0 saturated heterocycles. The Labute approximate surface area is 817 Å². The molecule has 0 N–H and O–H groups in total. The molecule has 2 radical (unpaired) electrons. The molecule has 0 atom stereocenters. The predicted molar refractivity (Wildman–Crippen MR) is 480 cm³/mol. The molecule has 32 heteroatoms. The van der Waals surface area contributed by atoms with Crippen molar-refractivity contribution < 1.29 is 98.0 Å². The summed E-state index contributed by atoms with van der Waals surface area (Å²) in [5, 5.41) is 54.8. The third-order valence-corrected chi connectivity index (χ3v) is 17.9. The minimum absolute atomic E-state index is 0. The van der Waals surface area contributed by atoms with Crippen molar-refractivity contribution in [2.24, 2.45) is 0 Å². The molecule has 0 spiro atoms. The summed E-state index contributed by atoms with van der Waals surface area (Å²) in [6.07, 6.45) is 25.0. The molecule has 12 aromatic heterocycles. The van der Waals surface area contributed by atoms with Crippen molar-refractivity contribution in [1.29, 1.82) is 10.5 Å².